The fraction of sp³-hybridized carbons (Fsp3) is 0.158. The third-order valence-electron chi connectivity index (χ3n) is 4.19. The van der Waals surface area contributed by atoms with Crippen molar-refractivity contribution in [1.29, 1.82) is 0 Å². The predicted molar refractivity (Wildman–Crippen MR) is 114 cm³/mol. The molecule has 0 unspecified atom stereocenters. The first-order chi connectivity index (χ1) is 15.7. The normalized spacial score (nSPS) is 11.1. The predicted octanol–water partition coefficient (Wildman–Crippen LogP) is 1.76. The molecule has 0 fully saturated rings. The molecule has 3 rings (SSSR count). The van der Waals surface area contributed by atoms with E-state index < -0.39 is 38.2 Å². The summed E-state index contributed by atoms with van der Waals surface area (Å²) < 4.78 is 29.5. The van der Waals surface area contributed by atoms with Crippen molar-refractivity contribution < 1.29 is 27.5 Å². The van der Waals surface area contributed by atoms with E-state index in [9.17, 15) is 28.1 Å². The van der Waals surface area contributed by atoms with Crippen LogP contribution in [0.25, 0.3) is 0 Å². The molecular weight excluding hydrogens is 478 g/mol. The van der Waals surface area contributed by atoms with Gasteiger partial charge in [0, 0.05) is 25.2 Å². The number of rotatable bonds is 9. The Kier molecular flexibility index (Phi) is 7.35. The van der Waals surface area contributed by atoms with Gasteiger partial charge in [0.15, 0.2) is 15.7 Å². The minimum atomic E-state index is -3.71. The quantitative estimate of drug-likeness (QED) is 0.255. The summed E-state index contributed by atoms with van der Waals surface area (Å²) in [6, 6.07) is 11.1. The molecule has 0 atom stereocenters. The number of sulfone groups is 1. The molecule has 2 amide bonds. The number of nitrogens with one attached hydrogen (secondary N) is 2. The second kappa shape index (κ2) is 10.2. The molecule has 12 nitrogen and oxygen atoms in total. The first-order valence-corrected chi connectivity index (χ1v) is 11.3. The van der Waals surface area contributed by atoms with Gasteiger partial charge in [-0.05, 0) is 18.2 Å². The van der Waals surface area contributed by atoms with E-state index in [2.05, 4.69) is 20.8 Å². The van der Waals surface area contributed by atoms with Crippen molar-refractivity contribution in [2.24, 2.45) is 0 Å². The van der Waals surface area contributed by atoms with Crippen molar-refractivity contribution in [3.05, 3.63) is 80.9 Å². The van der Waals surface area contributed by atoms with Crippen LogP contribution < -0.4 is 10.6 Å². The average Bonchev–Trinajstić information content (AvgIpc) is 3.25. The molecule has 33 heavy (non-hydrogen) atoms. The number of carbonyl (C=O) groups is 2. The highest BCUT2D eigenvalue weighted by Crippen LogP contribution is 2.21. The Hall–Kier alpha value is -3.84. The molecule has 1 aromatic heterocycles. The van der Waals surface area contributed by atoms with Crippen molar-refractivity contribution in [1.82, 2.24) is 20.8 Å². The lowest BCUT2D eigenvalue weighted by atomic mass is 10.2. The van der Waals surface area contributed by atoms with Crippen LogP contribution in [0.2, 0.25) is 5.02 Å². The van der Waals surface area contributed by atoms with Crippen LogP contribution in [0.4, 0.5) is 5.69 Å². The van der Waals surface area contributed by atoms with Crippen molar-refractivity contribution >= 4 is 38.9 Å². The van der Waals surface area contributed by atoms with Crippen LogP contribution in [-0.2, 0) is 15.6 Å². The number of hydrogen-bond acceptors (Lipinski definition) is 9. The summed E-state index contributed by atoms with van der Waals surface area (Å²) in [6.07, 6.45) is 0. The zero-order valence-corrected chi connectivity index (χ0v) is 18.3. The Balaban J connectivity index is 1.51. The van der Waals surface area contributed by atoms with Crippen LogP contribution in [-0.4, -0.2) is 48.4 Å². The lowest BCUT2D eigenvalue weighted by Gasteiger charge is -2.07. The van der Waals surface area contributed by atoms with Gasteiger partial charge >= 0.3 is 11.8 Å². The van der Waals surface area contributed by atoms with E-state index in [1.54, 1.807) is 18.2 Å². The van der Waals surface area contributed by atoms with Gasteiger partial charge in [-0.25, -0.2) is 8.42 Å². The maximum Gasteiger partial charge on any atom is 0.315 e. The van der Waals surface area contributed by atoms with Gasteiger partial charge in [0.2, 0.25) is 0 Å². The van der Waals surface area contributed by atoms with Crippen LogP contribution >= 0.6 is 11.6 Å². The first kappa shape index (κ1) is 23.8. The standard InChI is InChI=1S/C19H16ClN5O7S/c20-15-7-6-12(25(28)29)10-14(15)17(26)21-8-9-22-18(27)19-23-16(24-32-19)11-33(30,31)13-4-2-1-3-5-13/h1-7,10H,8-9,11H2,(H,21,26)(H,22,27). The lowest BCUT2D eigenvalue weighted by Crippen LogP contribution is -2.35. The number of nitrogens with zero attached hydrogens (tertiary/aromatic N) is 3. The summed E-state index contributed by atoms with van der Waals surface area (Å²) in [7, 11) is -3.71. The number of benzene rings is 2. The Labute approximate surface area is 192 Å². The van der Waals surface area contributed by atoms with E-state index in [-0.39, 0.29) is 40.1 Å². The molecule has 172 valence electrons. The van der Waals surface area contributed by atoms with Gasteiger partial charge in [-0.3, -0.25) is 19.7 Å². The van der Waals surface area contributed by atoms with Crippen LogP contribution in [0.15, 0.2) is 57.9 Å². The highest BCUT2D eigenvalue weighted by atomic mass is 35.5. The van der Waals surface area contributed by atoms with Gasteiger partial charge in [-0.15, -0.1) is 0 Å². The minimum Gasteiger partial charge on any atom is -0.350 e. The van der Waals surface area contributed by atoms with Gasteiger partial charge in [0.05, 0.1) is 20.4 Å². The number of non-ortho nitro benzene ring substituents is 1. The molecule has 3 aromatic rings. The molecule has 2 aromatic carbocycles. The molecule has 0 radical (unpaired) electrons. The monoisotopic (exact) mass is 493 g/mol. The lowest BCUT2D eigenvalue weighted by molar-refractivity contribution is -0.384. The summed E-state index contributed by atoms with van der Waals surface area (Å²) in [6.45, 7) is -0.0792. The number of aromatic nitrogens is 2. The summed E-state index contributed by atoms with van der Waals surface area (Å²) in [5.41, 5.74) is -0.377. The number of nitro groups is 1. The molecule has 0 spiro atoms. The van der Waals surface area contributed by atoms with E-state index in [0.717, 1.165) is 6.07 Å². The zero-order valence-electron chi connectivity index (χ0n) is 16.7. The van der Waals surface area contributed by atoms with Gasteiger partial charge in [-0.1, -0.05) is 35.0 Å². The van der Waals surface area contributed by atoms with Gasteiger partial charge in [0.25, 0.3) is 11.6 Å². The van der Waals surface area contributed by atoms with Crippen LogP contribution in [0.3, 0.4) is 0 Å². The van der Waals surface area contributed by atoms with Crippen molar-refractivity contribution in [2.75, 3.05) is 13.1 Å². The SMILES string of the molecule is O=C(NCCNC(=O)c1cc([N+](=O)[O-])ccc1Cl)c1nc(CS(=O)(=O)c2ccccc2)no1. The second-order valence-electron chi connectivity index (χ2n) is 6.52. The molecule has 0 aliphatic rings. The third-order valence-corrected chi connectivity index (χ3v) is 6.14. The van der Waals surface area contributed by atoms with Crippen LogP contribution in [0, 0.1) is 10.1 Å². The fourth-order valence-corrected chi connectivity index (χ4v) is 4.01. The number of amides is 2. The second-order valence-corrected chi connectivity index (χ2v) is 8.92. The van der Waals surface area contributed by atoms with E-state index in [0.29, 0.717) is 0 Å². The molecule has 14 heteroatoms. The molecule has 0 bridgehead atoms. The molecule has 0 saturated heterocycles. The summed E-state index contributed by atoms with van der Waals surface area (Å²) in [5, 5.41) is 19.3. The molecule has 0 aliphatic carbocycles. The molecule has 0 saturated carbocycles. The van der Waals surface area contributed by atoms with Crippen molar-refractivity contribution in [3.8, 4) is 0 Å². The van der Waals surface area contributed by atoms with Crippen LogP contribution in [0.1, 0.15) is 26.9 Å². The van der Waals surface area contributed by atoms with Gasteiger partial charge in [-0.2, -0.15) is 4.98 Å². The number of carbonyl (C=O) groups excluding carboxylic acids is 2. The Bertz CT molecular complexity index is 1290. The van der Waals surface area contributed by atoms with E-state index in [1.165, 1.54) is 24.3 Å². The number of hydrogen-bond donors (Lipinski definition) is 2. The summed E-state index contributed by atoms with van der Waals surface area (Å²) in [5.74, 6) is -2.61. The van der Waals surface area contributed by atoms with Crippen molar-refractivity contribution in [2.45, 2.75) is 10.6 Å². The molecule has 0 aliphatic heterocycles. The Morgan fingerprint density at radius 3 is 2.39 bits per heavy atom. The zero-order chi connectivity index (χ0) is 24.0. The minimum absolute atomic E-state index is 0.0333. The topological polar surface area (TPSA) is 174 Å². The largest absolute Gasteiger partial charge is 0.350 e. The third kappa shape index (κ3) is 6.11. The average molecular weight is 494 g/mol. The number of halogens is 1. The van der Waals surface area contributed by atoms with Crippen molar-refractivity contribution in [3.63, 3.8) is 0 Å². The van der Waals surface area contributed by atoms with E-state index >= 15 is 0 Å². The highest BCUT2D eigenvalue weighted by Gasteiger charge is 2.21. The Morgan fingerprint density at radius 1 is 1.06 bits per heavy atom. The maximum absolute atomic E-state index is 12.3. The Morgan fingerprint density at radius 2 is 1.73 bits per heavy atom. The summed E-state index contributed by atoms with van der Waals surface area (Å²) >= 11 is 5.90. The van der Waals surface area contributed by atoms with E-state index in [4.69, 9.17) is 16.1 Å². The molecule has 2 N–H and O–H groups in total. The maximum atomic E-state index is 12.3. The van der Waals surface area contributed by atoms with Gasteiger partial charge in [0.1, 0.15) is 5.75 Å². The summed E-state index contributed by atoms with van der Waals surface area (Å²) in [4.78, 5) is 38.3. The highest BCUT2D eigenvalue weighted by molar-refractivity contribution is 7.90. The molecular formula is C19H16ClN5O7S. The number of nitro benzene ring substituents is 1. The van der Waals surface area contributed by atoms with E-state index in [1.807, 2.05) is 0 Å². The first-order valence-electron chi connectivity index (χ1n) is 9.28. The molecule has 1 heterocycles. The van der Waals surface area contributed by atoms with Crippen LogP contribution in [0.5, 0.6) is 0 Å². The smallest absolute Gasteiger partial charge is 0.315 e. The fourth-order valence-electron chi connectivity index (χ4n) is 2.61. The van der Waals surface area contributed by atoms with Gasteiger partial charge < -0.3 is 15.2 Å².